The maximum atomic E-state index is 15.6. The van der Waals surface area contributed by atoms with Gasteiger partial charge in [0.25, 0.3) is 0 Å². The summed E-state index contributed by atoms with van der Waals surface area (Å²) in [7, 11) is 0. The maximum absolute atomic E-state index is 15.6. The van der Waals surface area contributed by atoms with Crippen molar-refractivity contribution in [3.8, 4) is 11.3 Å². The summed E-state index contributed by atoms with van der Waals surface area (Å²) in [5.41, 5.74) is 4.58. The molecule has 1 N–H and O–H groups in total. The Hall–Kier alpha value is -4.09. The molecule has 0 amide bonds. The molecule has 11 heteroatoms. The van der Waals surface area contributed by atoms with E-state index in [1.54, 1.807) is 0 Å². The molecule has 0 aliphatic carbocycles. The van der Waals surface area contributed by atoms with E-state index in [1.165, 1.54) is 6.07 Å². The minimum absolute atomic E-state index is 0.231. The number of hydrogen-bond acceptors (Lipinski definition) is 9. The van der Waals surface area contributed by atoms with Crippen LogP contribution in [0.15, 0.2) is 42.7 Å². The molecule has 3 aromatic heterocycles. The van der Waals surface area contributed by atoms with E-state index in [0.717, 1.165) is 85.1 Å². The first-order valence-corrected chi connectivity index (χ1v) is 15.9. The fourth-order valence-corrected chi connectivity index (χ4v) is 6.49. The number of hydrogen-bond donors (Lipinski definition) is 1. The number of ether oxygens (including phenoxy) is 2. The predicted octanol–water partition coefficient (Wildman–Crippen LogP) is 5.93. The highest BCUT2D eigenvalue weighted by Crippen LogP contribution is 2.40. The lowest BCUT2D eigenvalue weighted by Gasteiger charge is -2.32. The lowest BCUT2D eigenvalue weighted by molar-refractivity contribution is 0.122. The molecule has 9 nitrogen and oxygen atoms in total. The van der Waals surface area contributed by atoms with Crippen LogP contribution in [0.25, 0.3) is 22.2 Å². The van der Waals surface area contributed by atoms with E-state index < -0.39 is 11.6 Å². The topological polar surface area (TPSA) is 78.9 Å². The third-order valence-corrected chi connectivity index (χ3v) is 9.17. The van der Waals surface area contributed by atoms with E-state index in [1.807, 2.05) is 31.5 Å². The number of morpholine rings is 2. The van der Waals surface area contributed by atoms with Crippen LogP contribution in [0.3, 0.4) is 0 Å². The molecular formula is C34H39F2N7O2. The molecule has 45 heavy (non-hydrogen) atoms. The van der Waals surface area contributed by atoms with Gasteiger partial charge in [-0.25, -0.2) is 23.7 Å². The van der Waals surface area contributed by atoms with E-state index in [-0.39, 0.29) is 10.9 Å². The van der Waals surface area contributed by atoms with Crippen LogP contribution in [0.4, 0.5) is 37.5 Å². The third kappa shape index (κ3) is 6.11. The van der Waals surface area contributed by atoms with Crippen LogP contribution in [-0.4, -0.2) is 80.6 Å². The highest BCUT2D eigenvalue weighted by Gasteiger charge is 2.24. The molecule has 3 saturated heterocycles. The molecule has 4 aromatic rings. The van der Waals surface area contributed by atoms with Crippen LogP contribution in [-0.2, 0) is 9.47 Å². The number of benzene rings is 1. The van der Waals surface area contributed by atoms with Gasteiger partial charge in [0.1, 0.15) is 17.5 Å². The maximum Gasteiger partial charge on any atom is 0.152 e. The second-order valence-electron chi connectivity index (χ2n) is 12.2. The number of aromatic nitrogens is 3. The van der Waals surface area contributed by atoms with Gasteiger partial charge in [-0.3, -0.25) is 0 Å². The number of halogens is 2. The summed E-state index contributed by atoms with van der Waals surface area (Å²) in [5, 5.41) is 3.80. The van der Waals surface area contributed by atoms with E-state index in [2.05, 4.69) is 33.0 Å². The van der Waals surface area contributed by atoms with Crippen molar-refractivity contribution in [1.82, 2.24) is 15.0 Å². The highest BCUT2D eigenvalue weighted by molar-refractivity contribution is 5.99. The Bertz CT molecular complexity index is 1670. The van der Waals surface area contributed by atoms with Crippen molar-refractivity contribution in [1.29, 1.82) is 0 Å². The lowest BCUT2D eigenvalue weighted by atomic mass is 9.99. The van der Waals surface area contributed by atoms with Crippen LogP contribution in [0.1, 0.15) is 25.3 Å². The standard InChI is InChI=1S/C34H39F2N7O2/c1-22-5-7-42(8-6-22)30-4-3-24(20-37-30)32-23(2)33(31-27(36)17-25(35)18-28(31)39-32)40-29-19-26(41-9-13-44-14-10-41)21-38-34(29)43-11-15-45-16-12-43/h3-4,17-22H,5-16H2,1-2H3,(H,39,40). The quantitative estimate of drug-likeness (QED) is 0.284. The lowest BCUT2D eigenvalue weighted by Crippen LogP contribution is -2.38. The zero-order valence-electron chi connectivity index (χ0n) is 25.9. The molecule has 0 saturated carbocycles. The molecule has 0 spiro atoms. The number of piperidine rings is 1. The van der Waals surface area contributed by atoms with E-state index in [0.29, 0.717) is 50.9 Å². The van der Waals surface area contributed by atoms with Crippen molar-refractivity contribution in [3.63, 3.8) is 0 Å². The fourth-order valence-electron chi connectivity index (χ4n) is 6.49. The molecule has 0 radical (unpaired) electrons. The zero-order chi connectivity index (χ0) is 30.9. The summed E-state index contributed by atoms with van der Waals surface area (Å²) < 4.78 is 41.4. The second-order valence-corrected chi connectivity index (χ2v) is 12.2. The molecule has 0 atom stereocenters. The van der Waals surface area contributed by atoms with Crippen LogP contribution >= 0.6 is 0 Å². The Morgan fingerprint density at radius 1 is 0.822 bits per heavy atom. The van der Waals surface area contributed by atoms with E-state index in [9.17, 15) is 4.39 Å². The molecule has 3 aliphatic heterocycles. The van der Waals surface area contributed by atoms with Gasteiger partial charge in [-0.2, -0.15) is 0 Å². The first kappa shape index (κ1) is 29.6. The number of nitrogens with one attached hydrogen (secondary N) is 1. The molecule has 236 valence electrons. The van der Waals surface area contributed by atoms with Crippen molar-refractivity contribution in [2.45, 2.75) is 26.7 Å². The Balaban J connectivity index is 1.32. The molecule has 3 aliphatic rings. The monoisotopic (exact) mass is 615 g/mol. The molecule has 0 bridgehead atoms. The van der Waals surface area contributed by atoms with Crippen molar-refractivity contribution < 1.29 is 18.3 Å². The number of pyridine rings is 3. The van der Waals surface area contributed by atoms with Crippen molar-refractivity contribution in [2.24, 2.45) is 5.92 Å². The Labute approximate surface area is 262 Å². The molecule has 1 aromatic carbocycles. The van der Waals surface area contributed by atoms with Gasteiger partial charge in [0.2, 0.25) is 0 Å². The molecular weight excluding hydrogens is 576 g/mol. The average molecular weight is 616 g/mol. The minimum Gasteiger partial charge on any atom is -0.378 e. The van der Waals surface area contributed by atoms with Crippen molar-refractivity contribution in [3.05, 3.63) is 59.9 Å². The average Bonchev–Trinajstić information content (AvgIpc) is 3.07. The van der Waals surface area contributed by atoms with Crippen LogP contribution in [0, 0.1) is 24.5 Å². The largest absolute Gasteiger partial charge is 0.378 e. The van der Waals surface area contributed by atoms with Crippen molar-refractivity contribution in [2.75, 3.05) is 85.7 Å². The molecule has 3 fully saturated rings. The van der Waals surface area contributed by atoms with Crippen LogP contribution in [0.5, 0.6) is 0 Å². The van der Waals surface area contributed by atoms with Crippen molar-refractivity contribution >= 4 is 39.6 Å². The minimum atomic E-state index is -0.675. The van der Waals surface area contributed by atoms with Crippen LogP contribution in [0.2, 0.25) is 0 Å². The van der Waals surface area contributed by atoms with E-state index in [4.69, 9.17) is 24.4 Å². The van der Waals surface area contributed by atoms with Gasteiger partial charge >= 0.3 is 0 Å². The summed E-state index contributed by atoms with van der Waals surface area (Å²) in [6.45, 7) is 11.5. The molecule has 0 unspecified atom stereocenters. The molecule has 6 heterocycles. The number of fused-ring (bicyclic) bond motifs is 1. The van der Waals surface area contributed by atoms with Gasteiger partial charge in [0, 0.05) is 63.2 Å². The van der Waals surface area contributed by atoms with Gasteiger partial charge in [0.05, 0.1) is 66.3 Å². The summed E-state index contributed by atoms with van der Waals surface area (Å²) in [6, 6.07) is 8.28. The Morgan fingerprint density at radius 2 is 1.53 bits per heavy atom. The normalized spacial score (nSPS) is 18.1. The first-order chi connectivity index (χ1) is 21.9. The summed E-state index contributed by atoms with van der Waals surface area (Å²) in [5.74, 6) is 1.07. The first-order valence-electron chi connectivity index (χ1n) is 15.9. The smallest absolute Gasteiger partial charge is 0.152 e. The Kier molecular flexibility index (Phi) is 8.37. The Morgan fingerprint density at radius 3 is 2.22 bits per heavy atom. The van der Waals surface area contributed by atoms with Crippen LogP contribution < -0.4 is 20.0 Å². The fraction of sp³-hybridized carbons (Fsp3) is 0.441. The predicted molar refractivity (Wildman–Crippen MR) is 174 cm³/mol. The van der Waals surface area contributed by atoms with Gasteiger partial charge in [-0.05, 0) is 49.4 Å². The third-order valence-electron chi connectivity index (χ3n) is 9.17. The second kappa shape index (κ2) is 12.7. The summed E-state index contributed by atoms with van der Waals surface area (Å²) in [6.07, 6.45) is 5.99. The molecule has 7 rings (SSSR count). The summed E-state index contributed by atoms with van der Waals surface area (Å²) in [4.78, 5) is 21.2. The van der Waals surface area contributed by atoms with Gasteiger partial charge in [-0.15, -0.1) is 0 Å². The number of anilines is 5. The summed E-state index contributed by atoms with van der Waals surface area (Å²) >= 11 is 0. The SMILES string of the molecule is Cc1c(-c2ccc(N3CCC(C)CC3)nc2)nc2cc(F)cc(F)c2c1Nc1cc(N2CCOCC2)cnc1N1CCOCC1. The number of nitrogens with zero attached hydrogens (tertiary/aromatic N) is 6. The number of rotatable bonds is 6. The van der Waals surface area contributed by atoms with Gasteiger partial charge in [-0.1, -0.05) is 6.92 Å². The van der Waals surface area contributed by atoms with Gasteiger partial charge in [0.15, 0.2) is 5.82 Å². The van der Waals surface area contributed by atoms with Gasteiger partial charge < -0.3 is 29.5 Å². The van der Waals surface area contributed by atoms with E-state index >= 15 is 4.39 Å². The highest BCUT2D eigenvalue weighted by atomic mass is 19.1. The zero-order valence-corrected chi connectivity index (χ0v) is 25.9.